The fourth-order valence-electron chi connectivity index (χ4n) is 2.56. The molecular weight excluding hydrogens is 288 g/mol. The highest BCUT2D eigenvalue weighted by Crippen LogP contribution is 2.35. The Hall–Kier alpha value is -1.29. The van der Waals surface area contributed by atoms with E-state index in [0.29, 0.717) is 0 Å². The van der Waals surface area contributed by atoms with E-state index >= 15 is 0 Å². The van der Waals surface area contributed by atoms with Gasteiger partial charge in [0.05, 0.1) is 10.6 Å². The van der Waals surface area contributed by atoms with Crippen LogP contribution in [0.15, 0.2) is 35.7 Å². The van der Waals surface area contributed by atoms with Crippen LogP contribution < -0.4 is 5.73 Å². The van der Waals surface area contributed by atoms with E-state index in [9.17, 15) is 0 Å². The van der Waals surface area contributed by atoms with Gasteiger partial charge in [0.15, 0.2) is 0 Å². The number of halogens is 1. The highest BCUT2D eigenvalue weighted by atomic mass is 35.5. The summed E-state index contributed by atoms with van der Waals surface area (Å²) in [6.45, 7) is 0.747. The Kier molecular flexibility index (Phi) is 4.10. The molecule has 0 aliphatic rings. The minimum Gasteiger partial charge on any atom is -0.354 e. The molecule has 0 amide bonds. The van der Waals surface area contributed by atoms with E-state index in [1.165, 1.54) is 21.5 Å². The standard InChI is InChI=1S/C16H17ClN2S/c17-11-6-7-14-13(10-11)12(4-1-2-8-18)16(19-14)15-5-3-9-20-15/h3,5-7,9-10,19H,1-2,4,8,18H2. The van der Waals surface area contributed by atoms with Crippen LogP contribution in [0.3, 0.4) is 0 Å². The number of benzene rings is 1. The van der Waals surface area contributed by atoms with E-state index in [4.69, 9.17) is 17.3 Å². The van der Waals surface area contributed by atoms with Crippen LogP contribution in [-0.4, -0.2) is 11.5 Å². The predicted molar refractivity (Wildman–Crippen MR) is 88.6 cm³/mol. The molecule has 3 N–H and O–H groups in total. The first-order valence-corrected chi connectivity index (χ1v) is 8.09. The number of unbranched alkanes of at least 4 members (excludes halogenated alkanes) is 1. The summed E-state index contributed by atoms with van der Waals surface area (Å²) in [5.74, 6) is 0. The number of aromatic amines is 1. The van der Waals surface area contributed by atoms with Gasteiger partial charge >= 0.3 is 0 Å². The van der Waals surface area contributed by atoms with Gasteiger partial charge in [-0.05, 0) is 61.0 Å². The van der Waals surface area contributed by atoms with Crippen molar-refractivity contribution >= 4 is 33.8 Å². The molecule has 3 rings (SSSR count). The van der Waals surface area contributed by atoms with Gasteiger partial charge in [-0.3, -0.25) is 0 Å². The van der Waals surface area contributed by atoms with Gasteiger partial charge < -0.3 is 10.7 Å². The predicted octanol–water partition coefficient (Wildman–Crippen LogP) is 4.83. The number of hydrogen-bond donors (Lipinski definition) is 2. The third-order valence-corrected chi connectivity index (χ3v) is 4.64. The van der Waals surface area contributed by atoms with Crippen LogP contribution in [0.4, 0.5) is 0 Å². The van der Waals surface area contributed by atoms with Gasteiger partial charge in [-0.25, -0.2) is 0 Å². The molecule has 0 fully saturated rings. The van der Waals surface area contributed by atoms with Gasteiger partial charge in [0.2, 0.25) is 0 Å². The Labute approximate surface area is 127 Å². The van der Waals surface area contributed by atoms with Crippen LogP contribution in [0.2, 0.25) is 5.02 Å². The second-order valence-electron chi connectivity index (χ2n) is 4.89. The number of rotatable bonds is 5. The Morgan fingerprint density at radius 1 is 1.20 bits per heavy atom. The van der Waals surface area contributed by atoms with Crippen molar-refractivity contribution in [3.05, 3.63) is 46.3 Å². The van der Waals surface area contributed by atoms with Crippen LogP contribution in [0.1, 0.15) is 18.4 Å². The molecule has 1 aromatic carbocycles. The van der Waals surface area contributed by atoms with Crippen LogP contribution in [0.25, 0.3) is 21.5 Å². The topological polar surface area (TPSA) is 41.8 Å². The summed E-state index contributed by atoms with van der Waals surface area (Å²) >= 11 is 7.91. The lowest BCUT2D eigenvalue weighted by Crippen LogP contribution is -1.99. The van der Waals surface area contributed by atoms with E-state index < -0.39 is 0 Å². The minimum absolute atomic E-state index is 0.747. The molecule has 2 heterocycles. The molecule has 104 valence electrons. The largest absolute Gasteiger partial charge is 0.354 e. The quantitative estimate of drug-likeness (QED) is 0.651. The molecule has 0 radical (unpaired) electrons. The Balaban J connectivity index is 2.10. The number of hydrogen-bond acceptors (Lipinski definition) is 2. The highest BCUT2D eigenvalue weighted by molar-refractivity contribution is 7.13. The molecule has 0 saturated heterocycles. The molecular formula is C16H17ClN2S. The van der Waals surface area contributed by atoms with Crippen molar-refractivity contribution in [1.29, 1.82) is 0 Å². The second kappa shape index (κ2) is 6.00. The zero-order chi connectivity index (χ0) is 13.9. The van der Waals surface area contributed by atoms with Gasteiger partial charge in [0, 0.05) is 15.9 Å². The first-order valence-electron chi connectivity index (χ1n) is 6.83. The Morgan fingerprint density at radius 3 is 2.85 bits per heavy atom. The van der Waals surface area contributed by atoms with Gasteiger partial charge in [0.25, 0.3) is 0 Å². The van der Waals surface area contributed by atoms with Gasteiger partial charge in [-0.1, -0.05) is 17.7 Å². The average Bonchev–Trinajstić information content (AvgIpc) is 3.07. The number of thiophene rings is 1. The monoisotopic (exact) mass is 304 g/mol. The van der Waals surface area contributed by atoms with Crippen molar-refractivity contribution in [2.45, 2.75) is 19.3 Å². The molecule has 20 heavy (non-hydrogen) atoms. The summed E-state index contributed by atoms with van der Waals surface area (Å²) in [5.41, 5.74) is 9.35. The second-order valence-corrected chi connectivity index (χ2v) is 6.28. The maximum atomic E-state index is 6.15. The van der Waals surface area contributed by atoms with E-state index in [0.717, 1.165) is 36.3 Å². The summed E-state index contributed by atoms with van der Waals surface area (Å²) < 4.78 is 0. The number of fused-ring (bicyclic) bond motifs is 1. The lowest BCUT2D eigenvalue weighted by atomic mass is 10.0. The summed E-state index contributed by atoms with van der Waals surface area (Å²) in [6.07, 6.45) is 3.19. The lowest BCUT2D eigenvalue weighted by Gasteiger charge is -2.03. The fourth-order valence-corrected chi connectivity index (χ4v) is 3.48. The molecule has 2 aromatic heterocycles. The summed E-state index contributed by atoms with van der Waals surface area (Å²) in [6, 6.07) is 10.3. The SMILES string of the molecule is NCCCCc1c(-c2cccs2)[nH]c2ccc(Cl)cc12. The number of aromatic nitrogens is 1. The molecule has 0 spiro atoms. The zero-order valence-electron chi connectivity index (χ0n) is 11.2. The third-order valence-electron chi connectivity index (χ3n) is 3.52. The lowest BCUT2D eigenvalue weighted by molar-refractivity contribution is 0.748. The van der Waals surface area contributed by atoms with E-state index in [-0.39, 0.29) is 0 Å². The first-order chi connectivity index (χ1) is 9.79. The van der Waals surface area contributed by atoms with E-state index in [1.807, 2.05) is 6.07 Å². The summed E-state index contributed by atoms with van der Waals surface area (Å²) in [7, 11) is 0. The number of nitrogens with two attached hydrogens (primary N) is 1. The number of H-pyrrole nitrogens is 1. The summed E-state index contributed by atoms with van der Waals surface area (Å²) in [4.78, 5) is 4.82. The molecule has 3 aromatic rings. The zero-order valence-corrected chi connectivity index (χ0v) is 12.7. The van der Waals surface area contributed by atoms with Crippen molar-refractivity contribution in [2.24, 2.45) is 5.73 Å². The minimum atomic E-state index is 0.747. The molecule has 4 heteroatoms. The number of aryl methyl sites for hydroxylation is 1. The number of nitrogens with one attached hydrogen (secondary N) is 1. The maximum Gasteiger partial charge on any atom is 0.0598 e. The summed E-state index contributed by atoms with van der Waals surface area (Å²) in [5, 5.41) is 4.13. The van der Waals surface area contributed by atoms with Crippen molar-refractivity contribution in [3.63, 3.8) is 0 Å². The highest BCUT2D eigenvalue weighted by Gasteiger charge is 2.13. The van der Waals surface area contributed by atoms with E-state index in [2.05, 4.69) is 34.6 Å². The average molecular weight is 305 g/mol. The van der Waals surface area contributed by atoms with Gasteiger partial charge in [-0.15, -0.1) is 11.3 Å². The van der Waals surface area contributed by atoms with Crippen LogP contribution in [-0.2, 0) is 6.42 Å². The van der Waals surface area contributed by atoms with Crippen LogP contribution in [0.5, 0.6) is 0 Å². The first kappa shape index (κ1) is 13.7. The normalized spacial score (nSPS) is 11.3. The molecule has 0 aliphatic heterocycles. The smallest absolute Gasteiger partial charge is 0.0598 e. The molecule has 0 saturated carbocycles. The maximum absolute atomic E-state index is 6.15. The van der Waals surface area contributed by atoms with Crippen molar-refractivity contribution in [1.82, 2.24) is 4.98 Å². The van der Waals surface area contributed by atoms with E-state index in [1.54, 1.807) is 11.3 Å². The Morgan fingerprint density at radius 2 is 2.10 bits per heavy atom. The van der Waals surface area contributed by atoms with Crippen molar-refractivity contribution < 1.29 is 0 Å². The Bertz CT molecular complexity index is 701. The molecule has 0 atom stereocenters. The van der Waals surface area contributed by atoms with Crippen molar-refractivity contribution in [3.8, 4) is 10.6 Å². The fraction of sp³-hybridized carbons (Fsp3) is 0.250. The van der Waals surface area contributed by atoms with Crippen LogP contribution >= 0.6 is 22.9 Å². The van der Waals surface area contributed by atoms with Gasteiger partial charge in [0.1, 0.15) is 0 Å². The molecule has 2 nitrogen and oxygen atoms in total. The molecule has 0 aliphatic carbocycles. The van der Waals surface area contributed by atoms with Crippen LogP contribution in [0, 0.1) is 0 Å². The van der Waals surface area contributed by atoms with Crippen molar-refractivity contribution in [2.75, 3.05) is 6.54 Å². The molecule has 0 bridgehead atoms. The van der Waals surface area contributed by atoms with Gasteiger partial charge in [-0.2, -0.15) is 0 Å². The molecule has 0 unspecified atom stereocenters. The third kappa shape index (κ3) is 2.62.